The third-order valence-electron chi connectivity index (χ3n) is 6.89. The molecule has 1 fully saturated rings. The van der Waals surface area contributed by atoms with Crippen LogP contribution in [0.15, 0.2) is 60.7 Å². The highest BCUT2D eigenvalue weighted by Gasteiger charge is 2.50. The van der Waals surface area contributed by atoms with E-state index in [0.29, 0.717) is 18.1 Å². The van der Waals surface area contributed by atoms with Crippen molar-refractivity contribution in [1.29, 1.82) is 0 Å². The van der Waals surface area contributed by atoms with Crippen LogP contribution in [0.4, 0.5) is 0 Å². The summed E-state index contributed by atoms with van der Waals surface area (Å²) in [7, 11) is 0. The Kier molecular flexibility index (Phi) is 4.85. The lowest BCUT2D eigenvalue weighted by Gasteiger charge is -2.17. The van der Waals surface area contributed by atoms with Gasteiger partial charge in [0, 0.05) is 6.42 Å². The van der Waals surface area contributed by atoms with Crippen molar-refractivity contribution in [2.75, 3.05) is 6.79 Å². The molecule has 0 aromatic heterocycles. The first-order chi connectivity index (χ1) is 15.0. The molecule has 1 heterocycles. The molecule has 3 aromatic rings. The van der Waals surface area contributed by atoms with Crippen LogP contribution in [0.2, 0.25) is 0 Å². The Labute approximate surface area is 184 Å². The summed E-state index contributed by atoms with van der Waals surface area (Å²) in [6.45, 7) is 6.80. The van der Waals surface area contributed by atoms with E-state index in [-0.39, 0.29) is 12.2 Å². The van der Waals surface area contributed by atoms with E-state index >= 15 is 0 Å². The zero-order valence-electron chi connectivity index (χ0n) is 18.4. The molecule has 3 heteroatoms. The van der Waals surface area contributed by atoms with Crippen LogP contribution in [0.25, 0.3) is 11.1 Å². The normalized spacial score (nSPS) is 15.9. The Morgan fingerprint density at radius 3 is 2.42 bits per heavy atom. The fourth-order valence-corrected chi connectivity index (χ4v) is 4.63. The topological polar surface area (TPSA) is 35.5 Å². The minimum absolute atomic E-state index is 0.254. The van der Waals surface area contributed by atoms with Crippen LogP contribution in [0.3, 0.4) is 0 Å². The quantitative estimate of drug-likeness (QED) is 0.473. The molecule has 0 amide bonds. The molecule has 3 nitrogen and oxygen atoms in total. The molecule has 2 aliphatic rings. The smallest absolute Gasteiger partial charge is 0.231 e. The van der Waals surface area contributed by atoms with E-state index in [1.807, 2.05) is 18.2 Å². The summed E-state index contributed by atoms with van der Waals surface area (Å²) < 4.78 is 11.0. The number of ketones is 1. The van der Waals surface area contributed by atoms with Crippen LogP contribution in [0, 0.1) is 6.92 Å². The van der Waals surface area contributed by atoms with Crippen molar-refractivity contribution in [3.05, 3.63) is 82.9 Å². The van der Waals surface area contributed by atoms with Crippen LogP contribution < -0.4 is 9.47 Å². The largest absolute Gasteiger partial charge is 0.454 e. The van der Waals surface area contributed by atoms with Gasteiger partial charge in [-0.2, -0.15) is 0 Å². The van der Waals surface area contributed by atoms with Gasteiger partial charge in [0.1, 0.15) is 5.78 Å². The number of rotatable bonds is 6. The molecule has 1 aliphatic carbocycles. The zero-order chi connectivity index (χ0) is 21.6. The molecule has 1 aliphatic heterocycles. The number of hydrogen-bond acceptors (Lipinski definition) is 3. The summed E-state index contributed by atoms with van der Waals surface area (Å²) in [6, 6.07) is 21.1. The van der Waals surface area contributed by atoms with Gasteiger partial charge >= 0.3 is 0 Å². The van der Waals surface area contributed by atoms with Gasteiger partial charge in [-0.3, -0.25) is 4.79 Å². The lowest BCUT2D eigenvalue weighted by molar-refractivity contribution is -0.120. The van der Waals surface area contributed by atoms with E-state index in [4.69, 9.17) is 9.47 Å². The maximum absolute atomic E-state index is 13.4. The Morgan fingerprint density at radius 1 is 0.968 bits per heavy atom. The van der Waals surface area contributed by atoms with Crippen molar-refractivity contribution < 1.29 is 14.3 Å². The number of fused-ring (bicyclic) bond motifs is 1. The minimum atomic E-state index is -0.373. The first-order valence-corrected chi connectivity index (χ1v) is 11.1. The summed E-state index contributed by atoms with van der Waals surface area (Å²) in [5, 5.41) is 0. The van der Waals surface area contributed by atoms with Crippen molar-refractivity contribution in [2.45, 2.75) is 51.4 Å². The average Bonchev–Trinajstić information content (AvgIpc) is 3.46. The predicted molar refractivity (Wildman–Crippen MR) is 123 cm³/mol. The first-order valence-electron chi connectivity index (χ1n) is 11.1. The standard InChI is InChI=1S/C28H28O3/c1-18(2)20-7-9-21(10-8-20)24-6-4-5-22(19(24)3)15-27(29)28(13-14-28)23-11-12-25-26(16-23)31-17-30-25/h4-12,16,18H,13-15,17H2,1-3H3. The van der Waals surface area contributed by atoms with E-state index in [1.165, 1.54) is 22.3 Å². The second-order valence-corrected chi connectivity index (χ2v) is 9.12. The van der Waals surface area contributed by atoms with E-state index in [0.717, 1.165) is 35.5 Å². The third kappa shape index (κ3) is 3.52. The van der Waals surface area contributed by atoms with Crippen LogP contribution in [0.5, 0.6) is 11.5 Å². The van der Waals surface area contributed by atoms with Crippen molar-refractivity contribution in [3.8, 4) is 22.6 Å². The molecule has 0 N–H and O–H groups in total. The van der Waals surface area contributed by atoms with Gasteiger partial charge in [-0.25, -0.2) is 0 Å². The van der Waals surface area contributed by atoms with Crippen molar-refractivity contribution in [3.63, 3.8) is 0 Å². The molecule has 0 bridgehead atoms. The summed E-state index contributed by atoms with van der Waals surface area (Å²) in [4.78, 5) is 13.4. The summed E-state index contributed by atoms with van der Waals surface area (Å²) in [5.74, 6) is 2.32. The Balaban J connectivity index is 1.40. The fraction of sp³-hybridized carbons (Fsp3) is 0.321. The number of benzene rings is 3. The molecule has 0 spiro atoms. The molecule has 31 heavy (non-hydrogen) atoms. The zero-order valence-corrected chi connectivity index (χ0v) is 18.4. The number of carbonyl (C=O) groups excluding carboxylic acids is 1. The van der Waals surface area contributed by atoms with Crippen LogP contribution in [-0.2, 0) is 16.6 Å². The molecule has 0 atom stereocenters. The molecule has 3 aromatic carbocycles. The highest BCUT2D eigenvalue weighted by Crippen LogP contribution is 2.51. The molecule has 1 saturated carbocycles. The van der Waals surface area contributed by atoms with Gasteiger partial charge in [-0.05, 0) is 71.2 Å². The van der Waals surface area contributed by atoms with E-state index in [2.05, 4.69) is 63.2 Å². The monoisotopic (exact) mass is 412 g/mol. The van der Waals surface area contributed by atoms with Gasteiger partial charge in [0.2, 0.25) is 6.79 Å². The van der Waals surface area contributed by atoms with Gasteiger partial charge in [-0.15, -0.1) is 0 Å². The van der Waals surface area contributed by atoms with Crippen molar-refractivity contribution in [1.82, 2.24) is 0 Å². The third-order valence-corrected chi connectivity index (χ3v) is 6.89. The van der Waals surface area contributed by atoms with Gasteiger partial charge < -0.3 is 9.47 Å². The summed E-state index contributed by atoms with van der Waals surface area (Å²) in [5.41, 5.74) is 6.73. The second kappa shape index (κ2) is 7.56. The Bertz CT molecular complexity index is 1140. The van der Waals surface area contributed by atoms with Crippen LogP contribution in [-0.4, -0.2) is 12.6 Å². The maximum Gasteiger partial charge on any atom is 0.231 e. The maximum atomic E-state index is 13.4. The SMILES string of the molecule is Cc1c(CC(=O)C2(c3ccc4c(c3)OCO4)CC2)cccc1-c1ccc(C(C)C)cc1. The first kappa shape index (κ1) is 19.9. The lowest BCUT2D eigenvalue weighted by atomic mass is 9.85. The molecule has 5 rings (SSSR count). The van der Waals surface area contributed by atoms with Gasteiger partial charge in [0.25, 0.3) is 0 Å². The van der Waals surface area contributed by atoms with Crippen LogP contribution >= 0.6 is 0 Å². The fourth-order valence-electron chi connectivity index (χ4n) is 4.63. The number of ether oxygens (including phenoxy) is 2. The predicted octanol–water partition coefficient (Wildman–Crippen LogP) is 6.36. The van der Waals surface area contributed by atoms with E-state index in [9.17, 15) is 4.79 Å². The molecule has 158 valence electrons. The summed E-state index contributed by atoms with van der Waals surface area (Å²) >= 11 is 0. The molecule has 0 radical (unpaired) electrons. The molecular formula is C28H28O3. The van der Waals surface area contributed by atoms with E-state index < -0.39 is 0 Å². The lowest BCUT2D eigenvalue weighted by Crippen LogP contribution is -2.23. The minimum Gasteiger partial charge on any atom is -0.454 e. The van der Waals surface area contributed by atoms with Gasteiger partial charge in [0.05, 0.1) is 5.41 Å². The highest BCUT2D eigenvalue weighted by atomic mass is 16.7. The van der Waals surface area contributed by atoms with Gasteiger partial charge in [-0.1, -0.05) is 62.4 Å². The number of Topliss-reactive ketones (excluding diaryl/α,β-unsaturated/α-hetero) is 1. The van der Waals surface area contributed by atoms with Gasteiger partial charge in [0.15, 0.2) is 11.5 Å². The van der Waals surface area contributed by atoms with Crippen molar-refractivity contribution in [2.24, 2.45) is 0 Å². The number of hydrogen-bond donors (Lipinski definition) is 0. The van der Waals surface area contributed by atoms with Crippen molar-refractivity contribution >= 4 is 5.78 Å². The van der Waals surface area contributed by atoms with E-state index in [1.54, 1.807) is 0 Å². The Morgan fingerprint density at radius 2 is 1.71 bits per heavy atom. The second-order valence-electron chi connectivity index (χ2n) is 9.12. The molecular weight excluding hydrogens is 384 g/mol. The Hall–Kier alpha value is -3.07. The number of carbonyl (C=O) groups is 1. The summed E-state index contributed by atoms with van der Waals surface area (Å²) in [6.07, 6.45) is 2.26. The van der Waals surface area contributed by atoms with Crippen LogP contribution in [0.1, 0.15) is 54.9 Å². The highest BCUT2D eigenvalue weighted by molar-refractivity contribution is 5.95. The molecule has 0 unspecified atom stereocenters. The average molecular weight is 413 g/mol. The molecule has 0 saturated heterocycles.